The molecular weight excluding hydrogens is 268 g/mol. The molecule has 1 saturated heterocycles. The van der Waals surface area contributed by atoms with Crippen LogP contribution in [-0.2, 0) is 16.1 Å². The van der Waals surface area contributed by atoms with Crippen molar-refractivity contribution in [3.63, 3.8) is 0 Å². The molecule has 118 valence electrons. The minimum Gasteiger partial charge on any atom is -0.381 e. The average Bonchev–Trinajstić information content (AvgIpc) is 2.99. The normalized spacial score (nSPS) is 17.9. The summed E-state index contributed by atoms with van der Waals surface area (Å²) in [6, 6.07) is 1.89. The van der Waals surface area contributed by atoms with Gasteiger partial charge in [-0.3, -0.25) is 9.48 Å². The molecule has 0 spiro atoms. The monoisotopic (exact) mass is 294 g/mol. The van der Waals surface area contributed by atoms with Gasteiger partial charge in [0.25, 0.3) is 0 Å². The van der Waals surface area contributed by atoms with E-state index in [9.17, 15) is 4.79 Å². The number of hydrogen-bond donors (Lipinski definition) is 1. The van der Waals surface area contributed by atoms with Crippen molar-refractivity contribution in [3.05, 3.63) is 18.5 Å². The van der Waals surface area contributed by atoms with E-state index in [-0.39, 0.29) is 11.4 Å². The van der Waals surface area contributed by atoms with Crippen LogP contribution in [0.5, 0.6) is 0 Å². The lowest BCUT2D eigenvalue weighted by molar-refractivity contribution is -0.122. The summed E-state index contributed by atoms with van der Waals surface area (Å²) in [4.78, 5) is 14.2. The summed E-state index contributed by atoms with van der Waals surface area (Å²) in [5.41, 5.74) is 0.0376. The summed E-state index contributed by atoms with van der Waals surface area (Å²) in [6.07, 6.45) is 6.96. The van der Waals surface area contributed by atoms with Crippen LogP contribution in [0, 0.1) is 0 Å². The van der Waals surface area contributed by atoms with Gasteiger partial charge in [-0.15, -0.1) is 0 Å². The van der Waals surface area contributed by atoms with Crippen LogP contribution in [0.15, 0.2) is 18.5 Å². The van der Waals surface area contributed by atoms with E-state index in [2.05, 4.69) is 29.4 Å². The van der Waals surface area contributed by atoms with E-state index in [1.54, 1.807) is 6.20 Å². The summed E-state index contributed by atoms with van der Waals surface area (Å²) in [5, 5.41) is 7.22. The molecule has 21 heavy (non-hydrogen) atoms. The van der Waals surface area contributed by atoms with Gasteiger partial charge in [-0.2, -0.15) is 5.10 Å². The molecule has 0 aliphatic carbocycles. The number of rotatable bonds is 7. The smallest absolute Gasteiger partial charge is 0.220 e. The predicted molar refractivity (Wildman–Crippen MR) is 80.9 cm³/mol. The zero-order valence-electron chi connectivity index (χ0n) is 13.0. The number of carbonyl (C=O) groups excluding carboxylic acids is 1. The highest BCUT2D eigenvalue weighted by atomic mass is 16.5. The van der Waals surface area contributed by atoms with Gasteiger partial charge in [-0.05, 0) is 39.4 Å². The molecule has 6 nitrogen and oxygen atoms in total. The number of nitrogens with zero attached hydrogens (tertiary/aromatic N) is 3. The third kappa shape index (κ3) is 4.54. The van der Waals surface area contributed by atoms with E-state index in [4.69, 9.17) is 4.74 Å². The van der Waals surface area contributed by atoms with Crippen LogP contribution in [0.25, 0.3) is 0 Å². The molecule has 1 amide bonds. The van der Waals surface area contributed by atoms with Gasteiger partial charge >= 0.3 is 0 Å². The van der Waals surface area contributed by atoms with Crippen molar-refractivity contribution >= 4 is 5.91 Å². The Morgan fingerprint density at radius 2 is 2.19 bits per heavy atom. The highest BCUT2D eigenvalue weighted by molar-refractivity contribution is 5.75. The number of aromatic nitrogens is 2. The van der Waals surface area contributed by atoms with Gasteiger partial charge in [0.15, 0.2) is 0 Å². The van der Waals surface area contributed by atoms with E-state index in [0.717, 1.165) is 39.0 Å². The molecule has 0 unspecified atom stereocenters. The number of ether oxygens (including phenoxy) is 1. The maximum Gasteiger partial charge on any atom is 0.220 e. The SMILES string of the molecule is CN(C)C1(CNC(=O)CCCn2cccn2)CCOCC1. The molecule has 1 aliphatic rings. The molecule has 1 N–H and O–H groups in total. The number of amides is 1. The highest BCUT2D eigenvalue weighted by Gasteiger charge is 2.34. The van der Waals surface area contributed by atoms with Crippen LogP contribution in [-0.4, -0.2) is 60.0 Å². The van der Waals surface area contributed by atoms with E-state index >= 15 is 0 Å². The van der Waals surface area contributed by atoms with Crippen LogP contribution in [0.4, 0.5) is 0 Å². The number of carbonyl (C=O) groups is 1. The summed E-state index contributed by atoms with van der Waals surface area (Å²) in [7, 11) is 4.16. The minimum atomic E-state index is 0.0376. The van der Waals surface area contributed by atoms with Gasteiger partial charge in [0.1, 0.15) is 0 Å². The average molecular weight is 294 g/mol. The van der Waals surface area contributed by atoms with Crippen molar-refractivity contribution in [2.24, 2.45) is 0 Å². The molecule has 1 fully saturated rings. The molecule has 1 aromatic heterocycles. The van der Waals surface area contributed by atoms with Gasteiger partial charge < -0.3 is 15.0 Å². The quantitative estimate of drug-likeness (QED) is 0.811. The topological polar surface area (TPSA) is 59.4 Å². The van der Waals surface area contributed by atoms with E-state index in [1.165, 1.54) is 0 Å². The van der Waals surface area contributed by atoms with Crippen LogP contribution in [0.1, 0.15) is 25.7 Å². The molecule has 2 heterocycles. The standard InChI is InChI=1S/C15H26N4O2/c1-18(2)15(6-11-21-12-7-15)13-16-14(20)5-3-9-19-10-4-8-17-19/h4,8,10H,3,5-7,9,11-13H2,1-2H3,(H,16,20). The first kappa shape index (κ1) is 16.0. The third-order valence-corrected chi connectivity index (χ3v) is 4.34. The lowest BCUT2D eigenvalue weighted by atomic mass is 9.88. The number of aryl methyl sites for hydroxylation is 1. The van der Waals surface area contributed by atoms with Crippen molar-refractivity contribution in [1.82, 2.24) is 20.0 Å². The summed E-state index contributed by atoms with van der Waals surface area (Å²) >= 11 is 0. The molecule has 0 atom stereocenters. The molecule has 1 aliphatic heterocycles. The first-order valence-corrected chi connectivity index (χ1v) is 7.62. The first-order valence-electron chi connectivity index (χ1n) is 7.62. The Morgan fingerprint density at radius 1 is 1.43 bits per heavy atom. The van der Waals surface area contributed by atoms with Crippen molar-refractivity contribution in [3.8, 4) is 0 Å². The second-order valence-electron chi connectivity index (χ2n) is 5.88. The van der Waals surface area contributed by atoms with Gasteiger partial charge in [-0.25, -0.2) is 0 Å². The maximum atomic E-state index is 12.0. The lowest BCUT2D eigenvalue weighted by Crippen LogP contribution is -2.55. The molecular formula is C15H26N4O2. The summed E-state index contributed by atoms with van der Waals surface area (Å²) in [6.45, 7) is 3.03. The van der Waals surface area contributed by atoms with Gasteiger partial charge in [-0.1, -0.05) is 0 Å². The van der Waals surface area contributed by atoms with Crippen molar-refractivity contribution < 1.29 is 9.53 Å². The fraction of sp³-hybridized carbons (Fsp3) is 0.733. The van der Waals surface area contributed by atoms with E-state index in [0.29, 0.717) is 13.0 Å². The first-order chi connectivity index (χ1) is 10.1. The lowest BCUT2D eigenvalue weighted by Gasteiger charge is -2.42. The van der Waals surface area contributed by atoms with Gasteiger partial charge in [0.05, 0.1) is 0 Å². The molecule has 0 aromatic carbocycles. The molecule has 1 aromatic rings. The fourth-order valence-corrected chi connectivity index (χ4v) is 2.72. The van der Waals surface area contributed by atoms with Crippen LogP contribution >= 0.6 is 0 Å². The van der Waals surface area contributed by atoms with Crippen molar-refractivity contribution in [1.29, 1.82) is 0 Å². The van der Waals surface area contributed by atoms with E-state index < -0.39 is 0 Å². The number of hydrogen-bond acceptors (Lipinski definition) is 4. The highest BCUT2D eigenvalue weighted by Crippen LogP contribution is 2.25. The number of nitrogens with one attached hydrogen (secondary N) is 1. The Bertz CT molecular complexity index is 425. The van der Waals surface area contributed by atoms with Gasteiger partial charge in [0.2, 0.25) is 5.91 Å². The maximum absolute atomic E-state index is 12.0. The second kappa shape index (κ2) is 7.56. The Morgan fingerprint density at radius 3 is 2.81 bits per heavy atom. The molecule has 0 saturated carbocycles. The Labute approximate surface area is 126 Å². The Balaban J connectivity index is 1.71. The Hall–Kier alpha value is -1.40. The predicted octanol–water partition coefficient (Wildman–Crippen LogP) is 0.890. The molecule has 0 radical (unpaired) electrons. The zero-order chi connectivity index (χ0) is 15.1. The largest absolute Gasteiger partial charge is 0.381 e. The summed E-state index contributed by atoms with van der Waals surface area (Å²) in [5.74, 6) is 0.120. The third-order valence-electron chi connectivity index (χ3n) is 4.34. The van der Waals surface area contributed by atoms with Crippen molar-refractivity contribution in [2.45, 2.75) is 37.8 Å². The molecule has 6 heteroatoms. The fourth-order valence-electron chi connectivity index (χ4n) is 2.72. The molecule has 0 bridgehead atoms. The summed E-state index contributed by atoms with van der Waals surface area (Å²) < 4.78 is 7.29. The Kier molecular flexibility index (Phi) is 5.76. The zero-order valence-corrected chi connectivity index (χ0v) is 13.0. The van der Waals surface area contributed by atoms with Crippen LogP contribution in [0.3, 0.4) is 0 Å². The van der Waals surface area contributed by atoms with Crippen LogP contribution < -0.4 is 5.32 Å². The van der Waals surface area contributed by atoms with E-state index in [1.807, 2.05) is 16.9 Å². The molecule has 2 rings (SSSR count). The minimum absolute atomic E-state index is 0.0376. The second-order valence-corrected chi connectivity index (χ2v) is 5.88. The van der Waals surface area contributed by atoms with Crippen LogP contribution in [0.2, 0.25) is 0 Å². The van der Waals surface area contributed by atoms with Gasteiger partial charge in [0, 0.05) is 50.7 Å². The number of likely N-dealkylation sites (N-methyl/N-ethyl adjacent to an activating group) is 1. The van der Waals surface area contributed by atoms with Crippen molar-refractivity contribution in [2.75, 3.05) is 33.9 Å².